The van der Waals surface area contributed by atoms with Gasteiger partial charge in [-0.05, 0) is 36.5 Å². The fourth-order valence-corrected chi connectivity index (χ4v) is 4.51. The molecule has 5 nitrogen and oxygen atoms in total. The van der Waals surface area contributed by atoms with E-state index in [-0.39, 0.29) is 28.6 Å². The third kappa shape index (κ3) is 3.02. The fourth-order valence-electron chi connectivity index (χ4n) is 3.57. The van der Waals surface area contributed by atoms with Crippen LogP contribution in [-0.4, -0.2) is 22.4 Å². The molecule has 1 saturated carbocycles. The van der Waals surface area contributed by atoms with Crippen molar-refractivity contribution in [2.24, 2.45) is 12.5 Å². The molecule has 3 rings (SSSR count). The number of ether oxygens (including phenoxy) is 1. The highest BCUT2D eigenvalue weighted by molar-refractivity contribution is 7.16. The Kier molecular flexibility index (Phi) is 4.11. The van der Waals surface area contributed by atoms with Crippen LogP contribution in [0.1, 0.15) is 49.0 Å². The average molecular weight is 347 g/mol. The third-order valence-corrected chi connectivity index (χ3v) is 5.60. The summed E-state index contributed by atoms with van der Waals surface area (Å²) in [6.45, 7) is 5.85. The van der Waals surface area contributed by atoms with Gasteiger partial charge in [0.25, 0.3) is 0 Å². The summed E-state index contributed by atoms with van der Waals surface area (Å²) < 4.78 is 8.02. The number of rotatable bonds is 2. The number of carbonyl (C=O) groups is 2. The number of aromatic nitrogens is 1. The first-order chi connectivity index (χ1) is 11.2. The maximum absolute atomic E-state index is 12.6. The molecule has 1 heterocycles. The normalized spacial score (nSPS) is 20.3. The lowest BCUT2D eigenvalue weighted by Crippen LogP contribution is -2.35. The first-order valence-corrected chi connectivity index (χ1v) is 8.81. The second kappa shape index (κ2) is 5.84. The van der Waals surface area contributed by atoms with E-state index in [1.165, 1.54) is 0 Å². The molecule has 0 N–H and O–H groups in total. The largest absolute Gasteiger partial charge is 0.458 e. The summed E-state index contributed by atoms with van der Waals surface area (Å²) in [5, 5.41) is 0. The number of fused-ring (bicyclic) bond motifs is 1. The Labute approximate surface area is 144 Å². The van der Waals surface area contributed by atoms with Gasteiger partial charge in [-0.15, -0.1) is 0 Å². The van der Waals surface area contributed by atoms with Gasteiger partial charge in [0, 0.05) is 19.9 Å². The van der Waals surface area contributed by atoms with Crippen LogP contribution in [0.4, 0.5) is 0 Å². The number of ketones is 1. The number of hydrogen-bond acceptors (Lipinski definition) is 5. The molecule has 1 aromatic heterocycles. The molecular formula is C18H21NO4S. The van der Waals surface area contributed by atoms with Crippen LogP contribution in [0, 0.1) is 12.3 Å². The average Bonchev–Trinajstić information content (AvgIpc) is 2.72. The van der Waals surface area contributed by atoms with Gasteiger partial charge in [-0.1, -0.05) is 25.2 Å². The number of thiazole rings is 1. The predicted octanol–water partition coefficient (Wildman–Crippen LogP) is 3.21. The maximum atomic E-state index is 12.6. The molecule has 0 saturated heterocycles. The van der Waals surface area contributed by atoms with E-state index in [4.69, 9.17) is 4.74 Å². The molecule has 24 heavy (non-hydrogen) atoms. The van der Waals surface area contributed by atoms with Crippen molar-refractivity contribution >= 4 is 33.3 Å². The topological polar surface area (TPSA) is 65.4 Å². The van der Waals surface area contributed by atoms with Crippen molar-refractivity contribution in [1.29, 1.82) is 0 Å². The monoisotopic (exact) mass is 347 g/mol. The highest BCUT2D eigenvalue weighted by Gasteiger charge is 2.35. The second-order valence-corrected chi connectivity index (χ2v) is 8.32. The van der Waals surface area contributed by atoms with Crippen LogP contribution >= 0.6 is 11.3 Å². The van der Waals surface area contributed by atoms with Gasteiger partial charge < -0.3 is 9.30 Å². The Bertz CT molecular complexity index is 890. The molecule has 1 unspecified atom stereocenters. The maximum Gasteiger partial charge on any atom is 0.338 e. The molecule has 0 bridgehead atoms. The van der Waals surface area contributed by atoms with Crippen molar-refractivity contribution in [1.82, 2.24) is 4.57 Å². The highest BCUT2D eigenvalue weighted by atomic mass is 32.1. The van der Waals surface area contributed by atoms with Crippen LogP contribution in [0.5, 0.6) is 0 Å². The lowest BCUT2D eigenvalue weighted by Gasteiger charge is -2.33. The Morgan fingerprint density at radius 1 is 1.33 bits per heavy atom. The van der Waals surface area contributed by atoms with Crippen LogP contribution in [-0.2, 0) is 16.6 Å². The van der Waals surface area contributed by atoms with Gasteiger partial charge in [0.15, 0.2) is 0 Å². The minimum absolute atomic E-state index is 0.0572. The van der Waals surface area contributed by atoms with Gasteiger partial charge >= 0.3 is 10.8 Å². The molecule has 0 amide bonds. The molecule has 0 spiro atoms. The number of aryl methyl sites for hydroxylation is 2. The van der Waals surface area contributed by atoms with E-state index in [1.54, 1.807) is 23.7 Å². The van der Waals surface area contributed by atoms with Crippen molar-refractivity contribution in [2.75, 3.05) is 0 Å². The number of carbonyl (C=O) groups excluding carboxylic acids is 2. The van der Waals surface area contributed by atoms with Gasteiger partial charge in [-0.2, -0.15) is 0 Å². The zero-order valence-corrected chi connectivity index (χ0v) is 15.2. The number of Topliss-reactive ketones (excluding diaryl/α,β-unsaturated/α-hetero) is 1. The van der Waals surface area contributed by atoms with Crippen LogP contribution in [0.2, 0.25) is 0 Å². The summed E-state index contributed by atoms with van der Waals surface area (Å²) in [4.78, 5) is 36.2. The van der Waals surface area contributed by atoms with E-state index in [9.17, 15) is 14.4 Å². The first kappa shape index (κ1) is 16.9. The van der Waals surface area contributed by atoms with Crippen LogP contribution < -0.4 is 4.87 Å². The van der Waals surface area contributed by atoms with E-state index in [0.29, 0.717) is 18.4 Å². The van der Waals surface area contributed by atoms with E-state index < -0.39 is 5.97 Å². The van der Waals surface area contributed by atoms with E-state index in [2.05, 4.69) is 0 Å². The molecule has 6 heteroatoms. The lowest BCUT2D eigenvalue weighted by molar-refractivity contribution is -0.127. The number of hydrogen-bond donors (Lipinski definition) is 0. The SMILES string of the molecule is Cc1c(C(=O)OC2CC(=O)CC(C)(C)C2)ccc2sc(=O)n(C)c12. The lowest BCUT2D eigenvalue weighted by atomic mass is 9.75. The van der Waals surface area contributed by atoms with Crippen LogP contribution in [0.15, 0.2) is 16.9 Å². The van der Waals surface area contributed by atoms with Gasteiger partial charge in [0.1, 0.15) is 11.9 Å². The summed E-state index contributed by atoms with van der Waals surface area (Å²) in [6.07, 6.45) is 1.12. The van der Waals surface area contributed by atoms with Crippen LogP contribution in [0.3, 0.4) is 0 Å². The zero-order valence-electron chi connectivity index (χ0n) is 14.3. The zero-order chi connectivity index (χ0) is 17.6. The molecule has 1 aliphatic carbocycles. The molecular weight excluding hydrogens is 326 g/mol. The molecule has 128 valence electrons. The minimum atomic E-state index is -0.427. The summed E-state index contributed by atoms with van der Waals surface area (Å²) in [5.74, 6) is -0.292. The van der Waals surface area contributed by atoms with Crippen molar-refractivity contribution in [2.45, 2.75) is 46.1 Å². The smallest absolute Gasteiger partial charge is 0.338 e. The van der Waals surface area contributed by atoms with Gasteiger partial charge in [0.2, 0.25) is 0 Å². The standard InChI is InChI=1S/C18H21NO4S/c1-10-13(5-6-14-15(10)19(4)17(22)24-14)16(21)23-12-7-11(20)8-18(2,3)9-12/h5-6,12H,7-9H2,1-4H3. The molecule has 1 aromatic carbocycles. The van der Waals surface area contributed by atoms with E-state index >= 15 is 0 Å². The molecule has 2 aromatic rings. The van der Waals surface area contributed by atoms with Crippen molar-refractivity contribution in [3.05, 3.63) is 32.9 Å². The quantitative estimate of drug-likeness (QED) is 0.783. The molecule has 1 aliphatic rings. The number of benzene rings is 1. The Morgan fingerprint density at radius 2 is 2.04 bits per heavy atom. The van der Waals surface area contributed by atoms with Crippen molar-refractivity contribution in [3.63, 3.8) is 0 Å². The Hall–Kier alpha value is -1.95. The summed E-state index contributed by atoms with van der Waals surface area (Å²) in [6, 6.07) is 3.48. The van der Waals surface area contributed by atoms with Crippen molar-refractivity contribution in [3.8, 4) is 0 Å². The first-order valence-electron chi connectivity index (χ1n) is 8.00. The molecule has 1 fully saturated rings. The third-order valence-electron chi connectivity index (χ3n) is 4.61. The van der Waals surface area contributed by atoms with Gasteiger partial charge in [-0.25, -0.2) is 4.79 Å². The minimum Gasteiger partial charge on any atom is -0.458 e. The van der Waals surface area contributed by atoms with E-state index in [0.717, 1.165) is 27.1 Å². The molecule has 0 radical (unpaired) electrons. The molecule has 0 aliphatic heterocycles. The van der Waals surface area contributed by atoms with Crippen molar-refractivity contribution < 1.29 is 14.3 Å². The Balaban J connectivity index is 1.89. The number of esters is 1. The van der Waals surface area contributed by atoms with Crippen LogP contribution in [0.25, 0.3) is 10.2 Å². The molecule has 1 atom stereocenters. The second-order valence-electron chi connectivity index (χ2n) is 7.33. The highest BCUT2D eigenvalue weighted by Crippen LogP contribution is 2.35. The van der Waals surface area contributed by atoms with Gasteiger partial charge in [0.05, 0.1) is 15.8 Å². The predicted molar refractivity (Wildman–Crippen MR) is 93.6 cm³/mol. The Morgan fingerprint density at radius 3 is 2.71 bits per heavy atom. The van der Waals surface area contributed by atoms with E-state index in [1.807, 2.05) is 20.8 Å². The van der Waals surface area contributed by atoms with Gasteiger partial charge in [-0.3, -0.25) is 9.59 Å². The fraction of sp³-hybridized carbons (Fsp3) is 0.500. The summed E-state index contributed by atoms with van der Waals surface area (Å²) >= 11 is 1.16. The summed E-state index contributed by atoms with van der Waals surface area (Å²) in [5.41, 5.74) is 1.81. The number of nitrogens with zero attached hydrogens (tertiary/aromatic N) is 1. The summed E-state index contributed by atoms with van der Waals surface area (Å²) in [7, 11) is 1.70.